The molecule has 6 heteroatoms. The Hall–Kier alpha value is -1.82. The molecule has 0 radical (unpaired) electrons. The number of carboxylic acid groups (broad SMARTS) is 1. The van der Waals surface area contributed by atoms with E-state index in [1.807, 2.05) is 0 Å². The molecule has 0 saturated carbocycles. The van der Waals surface area contributed by atoms with Gasteiger partial charge in [-0.25, -0.2) is 9.18 Å². The summed E-state index contributed by atoms with van der Waals surface area (Å²) in [5, 5.41) is 21.6. The number of amides is 1. The van der Waals surface area contributed by atoms with Crippen molar-refractivity contribution in [3.63, 3.8) is 0 Å². The van der Waals surface area contributed by atoms with E-state index >= 15 is 0 Å². The van der Waals surface area contributed by atoms with Crippen LogP contribution in [0.2, 0.25) is 0 Å². The van der Waals surface area contributed by atoms with Crippen molar-refractivity contribution in [2.45, 2.75) is 25.4 Å². The van der Waals surface area contributed by atoms with Crippen LogP contribution in [0.25, 0.3) is 0 Å². The first-order chi connectivity index (χ1) is 9.06. The van der Waals surface area contributed by atoms with Gasteiger partial charge in [-0.15, -0.1) is 0 Å². The van der Waals surface area contributed by atoms with Gasteiger partial charge < -0.3 is 20.4 Å². The second-order valence-electron chi connectivity index (χ2n) is 4.70. The maximum Gasteiger partial charge on any atom is 0.407 e. The number of nitrogens with one attached hydrogen (secondary N) is 1. The number of aromatic hydroxyl groups is 1. The number of nitrogens with zero attached hydrogens (tertiary/aromatic N) is 1. The Kier molecular flexibility index (Phi) is 4.21. The molecule has 0 bridgehead atoms. The van der Waals surface area contributed by atoms with E-state index in [2.05, 4.69) is 5.32 Å². The Balaban J connectivity index is 1.83. The van der Waals surface area contributed by atoms with Crippen LogP contribution in [0.3, 0.4) is 0 Å². The van der Waals surface area contributed by atoms with E-state index < -0.39 is 6.09 Å². The summed E-state index contributed by atoms with van der Waals surface area (Å²) in [6.07, 6.45) is 0.561. The zero-order chi connectivity index (χ0) is 13.8. The lowest BCUT2D eigenvalue weighted by Crippen LogP contribution is -2.44. The first kappa shape index (κ1) is 13.6. The largest absolute Gasteiger partial charge is 0.508 e. The molecular formula is C13H17FN2O3. The van der Waals surface area contributed by atoms with Crippen LogP contribution in [0.5, 0.6) is 5.75 Å². The number of rotatable bonds is 3. The highest BCUT2D eigenvalue weighted by Gasteiger charge is 2.21. The number of phenolic OH excluding ortho intramolecular Hbond substituents is 1. The molecule has 1 aliphatic heterocycles. The number of carbonyl (C=O) groups is 1. The smallest absolute Gasteiger partial charge is 0.407 e. The molecule has 0 aromatic heterocycles. The summed E-state index contributed by atoms with van der Waals surface area (Å²) in [6.45, 7) is 1.38. The fraction of sp³-hybridized carbons (Fsp3) is 0.462. The summed E-state index contributed by atoms with van der Waals surface area (Å²) < 4.78 is 13.0. The normalized spacial score (nSPS) is 16.6. The van der Waals surface area contributed by atoms with Crippen LogP contribution in [-0.4, -0.2) is 40.3 Å². The molecule has 0 aliphatic carbocycles. The molecule has 1 aromatic carbocycles. The predicted molar refractivity (Wildman–Crippen MR) is 67.5 cm³/mol. The molecule has 2 rings (SSSR count). The molecule has 5 nitrogen and oxygen atoms in total. The van der Waals surface area contributed by atoms with Crippen molar-refractivity contribution >= 4 is 6.09 Å². The van der Waals surface area contributed by atoms with E-state index in [-0.39, 0.29) is 17.6 Å². The first-order valence-electron chi connectivity index (χ1n) is 6.25. The Morgan fingerprint density at radius 3 is 2.74 bits per heavy atom. The zero-order valence-corrected chi connectivity index (χ0v) is 10.5. The van der Waals surface area contributed by atoms with E-state index in [1.165, 1.54) is 23.1 Å². The number of halogens is 1. The molecule has 0 unspecified atom stereocenters. The highest BCUT2D eigenvalue weighted by Crippen LogP contribution is 2.18. The van der Waals surface area contributed by atoms with Crippen LogP contribution in [0.1, 0.15) is 18.4 Å². The van der Waals surface area contributed by atoms with Crippen molar-refractivity contribution in [1.82, 2.24) is 10.2 Å². The Morgan fingerprint density at radius 2 is 2.11 bits per heavy atom. The first-order valence-corrected chi connectivity index (χ1v) is 6.25. The van der Waals surface area contributed by atoms with Gasteiger partial charge >= 0.3 is 6.09 Å². The second kappa shape index (κ2) is 5.88. The van der Waals surface area contributed by atoms with E-state index in [1.54, 1.807) is 0 Å². The number of piperidine rings is 1. The quantitative estimate of drug-likeness (QED) is 0.781. The van der Waals surface area contributed by atoms with Crippen molar-refractivity contribution in [1.29, 1.82) is 0 Å². The van der Waals surface area contributed by atoms with E-state index in [9.17, 15) is 14.3 Å². The maximum absolute atomic E-state index is 13.0. The summed E-state index contributed by atoms with van der Waals surface area (Å²) in [5.74, 6) is -0.313. The third-order valence-electron chi connectivity index (χ3n) is 3.39. The minimum absolute atomic E-state index is 0.0665. The molecule has 1 heterocycles. The van der Waals surface area contributed by atoms with Crippen LogP contribution >= 0.6 is 0 Å². The van der Waals surface area contributed by atoms with Gasteiger partial charge in [0.1, 0.15) is 11.6 Å². The molecule has 3 N–H and O–H groups in total. The summed E-state index contributed by atoms with van der Waals surface area (Å²) >= 11 is 0. The van der Waals surface area contributed by atoms with Gasteiger partial charge in [0.05, 0.1) is 0 Å². The Labute approximate surface area is 110 Å². The zero-order valence-electron chi connectivity index (χ0n) is 10.5. The van der Waals surface area contributed by atoms with Gasteiger partial charge in [0, 0.05) is 31.2 Å². The lowest BCUT2D eigenvalue weighted by Gasteiger charge is -2.30. The number of hydrogen-bond donors (Lipinski definition) is 3. The van der Waals surface area contributed by atoms with E-state index in [0.29, 0.717) is 25.2 Å². The predicted octanol–water partition coefficient (Wildman–Crippen LogP) is 1.76. The molecular weight excluding hydrogens is 251 g/mol. The monoisotopic (exact) mass is 268 g/mol. The summed E-state index contributed by atoms with van der Waals surface area (Å²) in [7, 11) is 0. The van der Waals surface area contributed by atoms with Crippen LogP contribution in [0.4, 0.5) is 9.18 Å². The minimum Gasteiger partial charge on any atom is -0.508 e. The van der Waals surface area contributed by atoms with Crippen molar-refractivity contribution in [2.75, 3.05) is 13.1 Å². The van der Waals surface area contributed by atoms with Crippen LogP contribution < -0.4 is 5.32 Å². The topological polar surface area (TPSA) is 72.8 Å². The van der Waals surface area contributed by atoms with Gasteiger partial charge in [-0.05, 0) is 31.0 Å². The third-order valence-corrected chi connectivity index (χ3v) is 3.39. The minimum atomic E-state index is -0.888. The number of benzene rings is 1. The van der Waals surface area contributed by atoms with Gasteiger partial charge in [-0.3, -0.25) is 0 Å². The van der Waals surface area contributed by atoms with Crippen molar-refractivity contribution < 1.29 is 19.4 Å². The average molecular weight is 268 g/mol. The number of likely N-dealkylation sites (tertiary alicyclic amines) is 1. The SMILES string of the molecule is O=C(O)N1CCC(NCc2cc(F)ccc2O)CC1. The second-order valence-corrected chi connectivity index (χ2v) is 4.70. The standard InChI is InChI=1S/C13H17FN2O3/c14-10-1-2-12(17)9(7-10)8-15-11-3-5-16(6-4-11)13(18)19/h1-2,7,11,15,17H,3-6,8H2,(H,18,19). The molecule has 1 aliphatic rings. The molecule has 1 saturated heterocycles. The van der Waals surface area contributed by atoms with Gasteiger partial charge in [-0.2, -0.15) is 0 Å². The highest BCUT2D eigenvalue weighted by atomic mass is 19.1. The van der Waals surface area contributed by atoms with E-state index in [4.69, 9.17) is 5.11 Å². The van der Waals surface area contributed by atoms with Gasteiger partial charge in [0.15, 0.2) is 0 Å². The van der Waals surface area contributed by atoms with E-state index in [0.717, 1.165) is 12.8 Å². The van der Waals surface area contributed by atoms with Crippen molar-refractivity contribution in [3.05, 3.63) is 29.6 Å². The molecule has 1 amide bonds. The highest BCUT2D eigenvalue weighted by molar-refractivity contribution is 5.65. The van der Waals surface area contributed by atoms with Crippen LogP contribution in [-0.2, 0) is 6.54 Å². The molecule has 1 aromatic rings. The lowest BCUT2D eigenvalue weighted by atomic mass is 10.0. The summed E-state index contributed by atoms with van der Waals surface area (Å²) in [4.78, 5) is 12.1. The molecule has 0 spiro atoms. The molecule has 104 valence electrons. The molecule has 1 fully saturated rings. The average Bonchev–Trinajstić information content (AvgIpc) is 2.40. The summed E-state index contributed by atoms with van der Waals surface area (Å²) in [6, 6.07) is 4.04. The van der Waals surface area contributed by atoms with Crippen LogP contribution in [0, 0.1) is 5.82 Å². The van der Waals surface area contributed by atoms with Crippen molar-refractivity contribution in [2.24, 2.45) is 0 Å². The molecule has 0 atom stereocenters. The fourth-order valence-electron chi connectivity index (χ4n) is 2.22. The number of hydrogen-bond acceptors (Lipinski definition) is 3. The van der Waals surface area contributed by atoms with Crippen LogP contribution in [0.15, 0.2) is 18.2 Å². The maximum atomic E-state index is 13.0. The van der Waals surface area contributed by atoms with Crippen molar-refractivity contribution in [3.8, 4) is 5.75 Å². The lowest BCUT2D eigenvalue weighted by molar-refractivity contribution is 0.129. The number of phenols is 1. The van der Waals surface area contributed by atoms with Gasteiger partial charge in [0.2, 0.25) is 0 Å². The molecule has 19 heavy (non-hydrogen) atoms. The Morgan fingerprint density at radius 1 is 1.42 bits per heavy atom. The fourth-order valence-corrected chi connectivity index (χ4v) is 2.22. The van der Waals surface area contributed by atoms with Gasteiger partial charge in [-0.1, -0.05) is 0 Å². The third kappa shape index (κ3) is 3.57. The van der Waals surface area contributed by atoms with Gasteiger partial charge in [0.25, 0.3) is 0 Å². The summed E-state index contributed by atoms with van der Waals surface area (Å²) in [5.41, 5.74) is 0.515. The Bertz CT molecular complexity index is 459.